The summed E-state index contributed by atoms with van der Waals surface area (Å²) in [6.45, 7) is 6.81. The van der Waals surface area contributed by atoms with Crippen LogP contribution in [0, 0.1) is 0 Å². The van der Waals surface area contributed by atoms with Gasteiger partial charge in [0, 0.05) is 12.6 Å². The minimum absolute atomic E-state index is 0.433. The second kappa shape index (κ2) is 5.66. The molecular weight excluding hydrogens is 186 g/mol. The zero-order chi connectivity index (χ0) is 11.3. The second-order valence-corrected chi connectivity index (χ2v) is 5.14. The molecule has 88 valence electrons. The molecule has 0 aromatic carbocycles. The molecule has 15 heavy (non-hydrogen) atoms. The maximum absolute atomic E-state index is 10.4. The van der Waals surface area contributed by atoms with Crippen molar-refractivity contribution in [3.63, 3.8) is 0 Å². The van der Waals surface area contributed by atoms with Crippen LogP contribution in [0.15, 0.2) is 11.6 Å². The Morgan fingerprint density at radius 3 is 2.80 bits per heavy atom. The predicted octanol–water partition coefficient (Wildman–Crippen LogP) is 2.63. The molecule has 2 N–H and O–H groups in total. The van der Waals surface area contributed by atoms with Crippen LogP contribution in [0.1, 0.15) is 52.9 Å². The van der Waals surface area contributed by atoms with E-state index >= 15 is 0 Å². The zero-order valence-corrected chi connectivity index (χ0v) is 10.3. The summed E-state index contributed by atoms with van der Waals surface area (Å²) >= 11 is 0. The van der Waals surface area contributed by atoms with Gasteiger partial charge in [0.1, 0.15) is 0 Å². The van der Waals surface area contributed by atoms with Crippen LogP contribution in [0.2, 0.25) is 0 Å². The van der Waals surface area contributed by atoms with Crippen molar-refractivity contribution in [3.05, 3.63) is 11.6 Å². The first-order valence-electron chi connectivity index (χ1n) is 6.17. The fourth-order valence-electron chi connectivity index (χ4n) is 2.02. The molecule has 1 rings (SSSR count). The SMILES string of the molecule is CC(C)NCC(C)(O)C1=CCCCCC1. The van der Waals surface area contributed by atoms with Gasteiger partial charge in [0.05, 0.1) is 5.60 Å². The fourth-order valence-corrected chi connectivity index (χ4v) is 2.02. The first-order valence-corrected chi connectivity index (χ1v) is 6.17. The van der Waals surface area contributed by atoms with Crippen LogP contribution in [0.3, 0.4) is 0 Å². The molecule has 0 aromatic rings. The molecule has 0 radical (unpaired) electrons. The quantitative estimate of drug-likeness (QED) is 0.701. The molecular formula is C13H25NO. The number of allylic oxidation sites excluding steroid dienone is 1. The van der Waals surface area contributed by atoms with E-state index in [0.717, 1.165) is 12.8 Å². The van der Waals surface area contributed by atoms with Gasteiger partial charge in [-0.1, -0.05) is 26.3 Å². The van der Waals surface area contributed by atoms with Crippen LogP contribution < -0.4 is 5.32 Å². The summed E-state index contributed by atoms with van der Waals surface area (Å²) in [4.78, 5) is 0. The predicted molar refractivity (Wildman–Crippen MR) is 64.9 cm³/mol. The van der Waals surface area contributed by atoms with Crippen molar-refractivity contribution < 1.29 is 5.11 Å². The number of hydrogen-bond acceptors (Lipinski definition) is 2. The lowest BCUT2D eigenvalue weighted by atomic mass is 9.91. The third-order valence-electron chi connectivity index (χ3n) is 3.09. The largest absolute Gasteiger partial charge is 0.384 e. The highest BCUT2D eigenvalue weighted by atomic mass is 16.3. The lowest BCUT2D eigenvalue weighted by molar-refractivity contribution is 0.0912. The molecule has 0 saturated carbocycles. The molecule has 0 bridgehead atoms. The third-order valence-corrected chi connectivity index (χ3v) is 3.09. The number of nitrogens with one attached hydrogen (secondary N) is 1. The summed E-state index contributed by atoms with van der Waals surface area (Å²) in [6.07, 6.45) is 8.24. The minimum Gasteiger partial charge on any atom is -0.384 e. The molecule has 0 amide bonds. The highest BCUT2D eigenvalue weighted by Crippen LogP contribution is 2.26. The molecule has 1 aliphatic rings. The normalized spacial score (nSPS) is 22.1. The van der Waals surface area contributed by atoms with E-state index in [4.69, 9.17) is 0 Å². The zero-order valence-electron chi connectivity index (χ0n) is 10.3. The van der Waals surface area contributed by atoms with Gasteiger partial charge >= 0.3 is 0 Å². The van der Waals surface area contributed by atoms with Crippen molar-refractivity contribution >= 4 is 0 Å². The Morgan fingerprint density at radius 2 is 2.13 bits per heavy atom. The van der Waals surface area contributed by atoms with Gasteiger partial charge in [0.15, 0.2) is 0 Å². The van der Waals surface area contributed by atoms with Crippen molar-refractivity contribution in [2.75, 3.05) is 6.54 Å². The summed E-state index contributed by atoms with van der Waals surface area (Å²) < 4.78 is 0. The highest BCUT2D eigenvalue weighted by molar-refractivity contribution is 5.17. The molecule has 1 unspecified atom stereocenters. The Bertz CT molecular complexity index is 219. The van der Waals surface area contributed by atoms with Gasteiger partial charge in [-0.05, 0) is 38.2 Å². The Balaban J connectivity index is 2.53. The standard InChI is InChI=1S/C13H25NO/c1-11(2)14-10-13(3,15)12-8-6-4-5-7-9-12/h8,11,14-15H,4-7,9-10H2,1-3H3. The summed E-state index contributed by atoms with van der Waals surface area (Å²) in [6, 6.07) is 0.433. The van der Waals surface area contributed by atoms with Crippen LogP contribution in [-0.4, -0.2) is 23.3 Å². The summed E-state index contributed by atoms with van der Waals surface area (Å²) in [5, 5.41) is 13.7. The lowest BCUT2D eigenvalue weighted by Crippen LogP contribution is -2.42. The Hall–Kier alpha value is -0.340. The Labute approximate surface area is 93.8 Å². The maximum atomic E-state index is 10.4. The maximum Gasteiger partial charge on any atom is 0.0952 e. The van der Waals surface area contributed by atoms with Crippen molar-refractivity contribution in [1.29, 1.82) is 0 Å². The fraction of sp³-hybridized carbons (Fsp3) is 0.846. The van der Waals surface area contributed by atoms with E-state index in [9.17, 15) is 5.11 Å². The molecule has 0 fully saturated rings. The molecule has 1 aliphatic carbocycles. The molecule has 1 atom stereocenters. The Kier molecular flexibility index (Phi) is 4.81. The monoisotopic (exact) mass is 211 g/mol. The van der Waals surface area contributed by atoms with Crippen LogP contribution in [-0.2, 0) is 0 Å². The summed E-state index contributed by atoms with van der Waals surface area (Å²) in [5.41, 5.74) is 0.572. The molecule has 0 heterocycles. The lowest BCUT2D eigenvalue weighted by Gasteiger charge is -2.28. The van der Waals surface area contributed by atoms with Gasteiger partial charge < -0.3 is 10.4 Å². The van der Waals surface area contributed by atoms with Gasteiger partial charge in [-0.25, -0.2) is 0 Å². The molecule has 2 nitrogen and oxygen atoms in total. The smallest absolute Gasteiger partial charge is 0.0952 e. The van der Waals surface area contributed by atoms with Crippen LogP contribution >= 0.6 is 0 Å². The van der Waals surface area contributed by atoms with Crippen LogP contribution in [0.5, 0.6) is 0 Å². The highest BCUT2D eigenvalue weighted by Gasteiger charge is 2.25. The van der Waals surface area contributed by atoms with Crippen molar-refractivity contribution in [2.45, 2.75) is 64.5 Å². The van der Waals surface area contributed by atoms with Crippen LogP contribution in [0.4, 0.5) is 0 Å². The summed E-state index contributed by atoms with van der Waals surface area (Å²) in [7, 11) is 0. The number of rotatable bonds is 4. The van der Waals surface area contributed by atoms with E-state index in [1.807, 2.05) is 6.92 Å². The Morgan fingerprint density at radius 1 is 1.40 bits per heavy atom. The topological polar surface area (TPSA) is 32.3 Å². The van der Waals surface area contributed by atoms with Gasteiger partial charge in [0.25, 0.3) is 0 Å². The van der Waals surface area contributed by atoms with Gasteiger partial charge in [-0.3, -0.25) is 0 Å². The first-order chi connectivity index (χ1) is 7.02. The second-order valence-electron chi connectivity index (χ2n) is 5.14. The van der Waals surface area contributed by atoms with Crippen molar-refractivity contribution in [3.8, 4) is 0 Å². The van der Waals surface area contributed by atoms with E-state index < -0.39 is 5.60 Å². The molecule has 0 spiro atoms. The van der Waals surface area contributed by atoms with E-state index in [-0.39, 0.29) is 0 Å². The van der Waals surface area contributed by atoms with Crippen LogP contribution in [0.25, 0.3) is 0 Å². The van der Waals surface area contributed by atoms with E-state index in [1.54, 1.807) is 0 Å². The average Bonchev–Trinajstić information content (AvgIpc) is 2.43. The molecule has 0 saturated heterocycles. The summed E-state index contributed by atoms with van der Waals surface area (Å²) in [5.74, 6) is 0. The van der Waals surface area contributed by atoms with Crippen molar-refractivity contribution in [1.82, 2.24) is 5.32 Å². The molecule has 0 aromatic heterocycles. The van der Waals surface area contributed by atoms with Crippen molar-refractivity contribution in [2.24, 2.45) is 0 Å². The number of aliphatic hydroxyl groups is 1. The van der Waals surface area contributed by atoms with E-state index in [2.05, 4.69) is 25.2 Å². The van der Waals surface area contributed by atoms with E-state index in [1.165, 1.54) is 24.8 Å². The third kappa shape index (κ3) is 4.35. The molecule has 0 aliphatic heterocycles. The average molecular weight is 211 g/mol. The number of hydrogen-bond donors (Lipinski definition) is 2. The van der Waals surface area contributed by atoms with Gasteiger partial charge in [0.2, 0.25) is 0 Å². The van der Waals surface area contributed by atoms with Gasteiger partial charge in [-0.15, -0.1) is 0 Å². The minimum atomic E-state index is -0.658. The van der Waals surface area contributed by atoms with E-state index in [0.29, 0.717) is 12.6 Å². The van der Waals surface area contributed by atoms with Gasteiger partial charge in [-0.2, -0.15) is 0 Å². The first kappa shape index (κ1) is 12.7. The molecule has 2 heteroatoms.